The molecule has 1 amide bonds. The van der Waals surface area contributed by atoms with Crippen LogP contribution in [0.3, 0.4) is 0 Å². The van der Waals surface area contributed by atoms with Gasteiger partial charge in [-0.15, -0.1) is 0 Å². The second kappa shape index (κ2) is 6.51. The fourth-order valence-corrected chi connectivity index (χ4v) is 5.90. The lowest BCUT2D eigenvalue weighted by Crippen LogP contribution is -2.63. The first-order valence-electron chi connectivity index (χ1n) is 9.55. The zero-order valence-corrected chi connectivity index (χ0v) is 14.7. The van der Waals surface area contributed by atoms with Crippen LogP contribution in [0.15, 0.2) is 30.3 Å². The number of carbonyl (C=O) groups excluding carboxylic acids is 1. The molecular formula is C21H29NO2. The molecule has 3 heteroatoms. The molecular weight excluding hydrogens is 298 g/mol. The standard InChI is InChI=1S/C21H29NO2/c1-24-21(18-10-16-9-17(12-18)13-19(21)11-16)14-22-20(23)8-7-15-5-3-2-4-6-15/h2-6,16-19H,7-14H2,1H3,(H,22,23). The summed E-state index contributed by atoms with van der Waals surface area (Å²) in [7, 11) is 1.86. The molecule has 4 fully saturated rings. The monoisotopic (exact) mass is 327 g/mol. The molecule has 24 heavy (non-hydrogen) atoms. The lowest BCUT2D eigenvalue weighted by molar-refractivity contribution is -0.188. The van der Waals surface area contributed by atoms with E-state index in [2.05, 4.69) is 17.4 Å². The van der Waals surface area contributed by atoms with Crippen LogP contribution < -0.4 is 5.32 Å². The van der Waals surface area contributed by atoms with Gasteiger partial charge in [0, 0.05) is 20.1 Å². The minimum absolute atomic E-state index is 0.101. The summed E-state index contributed by atoms with van der Waals surface area (Å²) in [4.78, 5) is 12.3. The van der Waals surface area contributed by atoms with Crippen molar-refractivity contribution in [1.82, 2.24) is 5.32 Å². The van der Waals surface area contributed by atoms with Crippen LogP contribution in [0.4, 0.5) is 0 Å². The van der Waals surface area contributed by atoms with Crippen molar-refractivity contribution in [2.45, 2.75) is 50.5 Å². The largest absolute Gasteiger partial charge is 0.376 e. The third-order valence-corrected chi connectivity index (χ3v) is 6.95. The first kappa shape index (κ1) is 16.1. The number of benzene rings is 1. The number of hydrogen-bond acceptors (Lipinski definition) is 2. The minimum Gasteiger partial charge on any atom is -0.376 e. The zero-order valence-electron chi connectivity index (χ0n) is 14.7. The minimum atomic E-state index is -0.101. The number of methoxy groups -OCH3 is 1. The van der Waals surface area contributed by atoms with Crippen molar-refractivity contribution in [3.63, 3.8) is 0 Å². The Hall–Kier alpha value is -1.35. The summed E-state index contributed by atoms with van der Waals surface area (Å²) in [6, 6.07) is 10.2. The molecule has 0 atom stereocenters. The number of ether oxygens (including phenoxy) is 1. The second-order valence-corrected chi connectivity index (χ2v) is 8.23. The van der Waals surface area contributed by atoms with Gasteiger partial charge in [-0.3, -0.25) is 4.79 Å². The molecule has 4 aliphatic carbocycles. The van der Waals surface area contributed by atoms with Gasteiger partial charge in [-0.2, -0.15) is 0 Å². The van der Waals surface area contributed by atoms with Gasteiger partial charge in [0.15, 0.2) is 0 Å². The van der Waals surface area contributed by atoms with Gasteiger partial charge in [0.2, 0.25) is 5.91 Å². The van der Waals surface area contributed by atoms with E-state index in [9.17, 15) is 4.79 Å². The zero-order chi connectivity index (χ0) is 16.6. The van der Waals surface area contributed by atoms with Crippen molar-refractivity contribution >= 4 is 5.91 Å². The SMILES string of the molecule is COC1(CNC(=O)CCc2ccccc2)C2CC3CC(C2)CC1C3. The smallest absolute Gasteiger partial charge is 0.220 e. The molecule has 4 saturated carbocycles. The molecule has 0 saturated heterocycles. The lowest BCUT2D eigenvalue weighted by Gasteiger charge is -2.60. The number of amides is 1. The molecule has 0 radical (unpaired) electrons. The maximum absolute atomic E-state index is 12.3. The fraction of sp³-hybridized carbons (Fsp3) is 0.667. The van der Waals surface area contributed by atoms with Gasteiger partial charge >= 0.3 is 0 Å². The Morgan fingerprint density at radius 2 is 1.71 bits per heavy atom. The summed E-state index contributed by atoms with van der Waals surface area (Å²) in [5.41, 5.74) is 1.12. The van der Waals surface area contributed by atoms with Crippen LogP contribution in [0.2, 0.25) is 0 Å². The second-order valence-electron chi connectivity index (χ2n) is 8.23. The molecule has 0 aromatic heterocycles. The van der Waals surface area contributed by atoms with Crippen molar-refractivity contribution in [3.8, 4) is 0 Å². The number of nitrogens with one attached hydrogen (secondary N) is 1. The van der Waals surface area contributed by atoms with E-state index in [1.54, 1.807) is 0 Å². The summed E-state index contributed by atoms with van der Waals surface area (Å²) in [6.45, 7) is 0.700. The Morgan fingerprint density at radius 1 is 1.08 bits per heavy atom. The van der Waals surface area contributed by atoms with Gasteiger partial charge in [-0.05, 0) is 67.8 Å². The lowest BCUT2D eigenvalue weighted by atomic mass is 9.49. The molecule has 1 aromatic carbocycles. The third-order valence-electron chi connectivity index (χ3n) is 6.95. The fourth-order valence-electron chi connectivity index (χ4n) is 5.90. The highest BCUT2D eigenvalue weighted by atomic mass is 16.5. The van der Waals surface area contributed by atoms with Crippen LogP contribution in [0.5, 0.6) is 0 Å². The quantitative estimate of drug-likeness (QED) is 0.867. The van der Waals surface area contributed by atoms with Crippen LogP contribution in [0.25, 0.3) is 0 Å². The van der Waals surface area contributed by atoms with Crippen LogP contribution in [-0.4, -0.2) is 25.2 Å². The number of hydrogen-bond donors (Lipinski definition) is 1. The molecule has 4 aliphatic rings. The first-order chi connectivity index (χ1) is 11.7. The molecule has 0 spiro atoms. The van der Waals surface area contributed by atoms with E-state index in [-0.39, 0.29) is 11.5 Å². The summed E-state index contributed by atoms with van der Waals surface area (Å²) < 4.78 is 6.11. The van der Waals surface area contributed by atoms with Crippen molar-refractivity contribution in [3.05, 3.63) is 35.9 Å². The highest BCUT2D eigenvalue weighted by Crippen LogP contribution is 2.59. The Morgan fingerprint density at radius 3 is 2.29 bits per heavy atom. The molecule has 1 aromatic rings. The van der Waals surface area contributed by atoms with Crippen molar-refractivity contribution in [2.24, 2.45) is 23.7 Å². The van der Waals surface area contributed by atoms with E-state index in [1.807, 2.05) is 25.3 Å². The highest BCUT2D eigenvalue weighted by Gasteiger charge is 2.57. The summed E-state index contributed by atoms with van der Waals surface area (Å²) in [5.74, 6) is 3.29. The molecule has 4 bridgehead atoms. The van der Waals surface area contributed by atoms with E-state index in [1.165, 1.54) is 37.7 Å². The molecule has 5 rings (SSSR count). The Bertz CT molecular complexity index is 555. The number of rotatable bonds is 6. The maximum Gasteiger partial charge on any atom is 0.220 e. The topological polar surface area (TPSA) is 38.3 Å². The van der Waals surface area contributed by atoms with Gasteiger partial charge in [-0.25, -0.2) is 0 Å². The number of carbonyl (C=O) groups is 1. The van der Waals surface area contributed by atoms with Gasteiger partial charge in [0.25, 0.3) is 0 Å². The van der Waals surface area contributed by atoms with Gasteiger partial charge in [-0.1, -0.05) is 30.3 Å². The van der Waals surface area contributed by atoms with Crippen LogP contribution in [0, 0.1) is 23.7 Å². The predicted molar refractivity (Wildman–Crippen MR) is 94.6 cm³/mol. The molecule has 130 valence electrons. The van der Waals surface area contributed by atoms with Gasteiger partial charge < -0.3 is 10.1 Å². The Balaban J connectivity index is 1.34. The predicted octanol–water partition coefficient (Wildman–Crippen LogP) is 3.58. The molecule has 0 aliphatic heterocycles. The van der Waals surface area contributed by atoms with Gasteiger partial charge in [0.1, 0.15) is 0 Å². The molecule has 1 N–H and O–H groups in total. The third kappa shape index (κ3) is 2.88. The van der Waals surface area contributed by atoms with E-state index in [0.29, 0.717) is 24.8 Å². The Kier molecular flexibility index (Phi) is 4.38. The van der Waals surface area contributed by atoms with E-state index < -0.39 is 0 Å². The average Bonchev–Trinajstić information content (AvgIpc) is 2.60. The van der Waals surface area contributed by atoms with Crippen molar-refractivity contribution in [1.29, 1.82) is 0 Å². The summed E-state index contributed by atoms with van der Waals surface area (Å²) in [5, 5.41) is 3.21. The van der Waals surface area contributed by atoms with Crippen molar-refractivity contribution in [2.75, 3.05) is 13.7 Å². The van der Waals surface area contributed by atoms with E-state index in [4.69, 9.17) is 4.74 Å². The molecule has 0 heterocycles. The van der Waals surface area contributed by atoms with Crippen LogP contribution in [0.1, 0.15) is 44.1 Å². The van der Waals surface area contributed by atoms with E-state index >= 15 is 0 Å². The maximum atomic E-state index is 12.3. The normalized spacial score (nSPS) is 36.7. The molecule has 3 nitrogen and oxygen atoms in total. The van der Waals surface area contributed by atoms with Crippen molar-refractivity contribution < 1.29 is 9.53 Å². The summed E-state index contributed by atoms with van der Waals surface area (Å²) in [6.07, 6.45) is 8.03. The van der Waals surface area contributed by atoms with E-state index in [0.717, 1.165) is 18.3 Å². The highest BCUT2D eigenvalue weighted by molar-refractivity contribution is 5.76. The average molecular weight is 327 g/mol. The first-order valence-corrected chi connectivity index (χ1v) is 9.55. The number of aryl methyl sites for hydroxylation is 1. The van der Waals surface area contributed by atoms with Crippen LogP contribution >= 0.6 is 0 Å². The van der Waals surface area contributed by atoms with Gasteiger partial charge in [0.05, 0.1) is 5.60 Å². The van der Waals surface area contributed by atoms with Crippen LogP contribution in [-0.2, 0) is 16.0 Å². The molecule has 0 unspecified atom stereocenters. The Labute approximate surface area is 145 Å². The summed E-state index contributed by atoms with van der Waals surface area (Å²) >= 11 is 0.